The fourth-order valence-electron chi connectivity index (χ4n) is 1.66. The van der Waals surface area contributed by atoms with Crippen LogP contribution in [-0.2, 0) is 0 Å². The van der Waals surface area contributed by atoms with Crippen molar-refractivity contribution in [1.29, 1.82) is 0 Å². The van der Waals surface area contributed by atoms with Crippen molar-refractivity contribution in [3.8, 4) is 0 Å². The Kier molecular flexibility index (Phi) is 9.20. The van der Waals surface area contributed by atoms with Gasteiger partial charge in [-0.3, -0.25) is 0 Å². The Morgan fingerprint density at radius 3 is 2.00 bits per heavy atom. The van der Waals surface area contributed by atoms with Crippen LogP contribution in [0, 0.1) is 0 Å². The Bertz CT molecular complexity index is 201. The normalized spacial score (nSPS) is 12.9. The summed E-state index contributed by atoms with van der Waals surface area (Å²) >= 11 is 0. The van der Waals surface area contributed by atoms with Gasteiger partial charge in [0.1, 0.15) is 0 Å². The van der Waals surface area contributed by atoms with Gasteiger partial charge in [-0.15, -0.1) is 0 Å². The molecule has 0 bridgehead atoms. The van der Waals surface area contributed by atoms with E-state index < -0.39 is 0 Å². The average Bonchev–Trinajstić information content (AvgIpc) is 2.24. The molecule has 0 amide bonds. The average molecular weight is 240 g/mol. The molecule has 0 radical (unpaired) electrons. The lowest BCUT2D eigenvalue weighted by Crippen LogP contribution is -2.32. The van der Waals surface area contributed by atoms with E-state index in [2.05, 4.69) is 45.1 Å². The van der Waals surface area contributed by atoms with Crippen molar-refractivity contribution in [2.45, 2.75) is 91.5 Å². The highest BCUT2D eigenvalue weighted by Gasteiger charge is 2.06. The van der Waals surface area contributed by atoms with Gasteiger partial charge in [-0.25, -0.2) is 0 Å². The third-order valence-corrected chi connectivity index (χ3v) is 2.72. The molecule has 1 N–H and O–H groups in total. The number of unbranched alkanes of at least 4 members (excludes halogenated alkanes) is 6. The number of hydrogen-bond acceptors (Lipinski definition) is 2. The molecule has 0 rings (SSSR count). The first-order valence-electron chi connectivity index (χ1n) is 7.26. The minimum Gasteiger partial charge on any atom is -0.305 e. The molecule has 0 unspecified atom stereocenters. The van der Waals surface area contributed by atoms with Crippen LogP contribution in [-0.4, -0.2) is 11.3 Å². The summed E-state index contributed by atoms with van der Waals surface area (Å²) in [4.78, 5) is 0. The highest BCUT2D eigenvalue weighted by atomic mass is 15.3. The van der Waals surface area contributed by atoms with E-state index in [0.717, 1.165) is 6.42 Å². The van der Waals surface area contributed by atoms with Crippen LogP contribution in [0.5, 0.6) is 0 Å². The number of nitrogens with one attached hydrogen (secondary N) is 1. The van der Waals surface area contributed by atoms with Gasteiger partial charge in [0.15, 0.2) is 0 Å². The van der Waals surface area contributed by atoms with Gasteiger partial charge in [0.05, 0.1) is 0 Å². The minimum absolute atomic E-state index is 0.0847. The summed E-state index contributed by atoms with van der Waals surface area (Å²) in [5.41, 5.74) is 4.49. The molecule has 2 nitrogen and oxygen atoms in total. The monoisotopic (exact) mass is 240 g/mol. The van der Waals surface area contributed by atoms with E-state index in [1.165, 1.54) is 50.7 Å². The second-order valence-corrected chi connectivity index (χ2v) is 6.08. The maximum absolute atomic E-state index is 4.41. The molecule has 0 aliphatic carbocycles. The van der Waals surface area contributed by atoms with E-state index in [1.54, 1.807) is 0 Å². The molecule has 0 saturated carbocycles. The molecule has 0 aliphatic heterocycles. The smallest absolute Gasteiger partial charge is 0.0464 e. The molecule has 0 atom stereocenters. The molecular weight excluding hydrogens is 208 g/mol. The maximum Gasteiger partial charge on any atom is 0.0464 e. The second-order valence-electron chi connectivity index (χ2n) is 6.08. The molecule has 0 aromatic heterocycles. The molecular formula is C15H32N2. The lowest BCUT2D eigenvalue weighted by molar-refractivity contribution is 0.440. The Hall–Kier alpha value is -0.530. The van der Waals surface area contributed by atoms with Crippen molar-refractivity contribution in [1.82, 2.24) is 5.43 Å². The first-order valence-corrected chi connectivity index (χ1v) is 7.26. The zero-order chi connectivity index (χ0) is 13.1. The zero-order valence-electron chi connectivity index (χ0n) is 12.6. The highest BCUT2D eigenvalue weighted by molar-refractivity contribution is 5.81. The summed E-state index contributed by atoms with van der Waals surface area (Å²) < 4.78 is 0. The molecule has 102 valence electrons. The summed E-state index contributed by atoms with van der Waals surface area (Å²) in [5.74, 6) is 0. The van der Waals surface area contributed by atoms with Crippen molar-refractivity contribution < 1.29 is 0 Å². The first-order chi connectivity index (χ1) is 7.95. The Morgan fingerprint density at radius 2 is 1.47 bits per heavy atom. The highest BCUT2D eigenvalue weighted by Crippen LogP contribution is 2.09. The number of hydrogen-bond donors (Lipinski definition) is 1. The number of rotatable bonds is 9. The van der Waals surface area contributed by atoms with E-state index >= 15 is 0 Å². The van der Waals surface area contributed by atoms with E-state index in [0.29, 0.717) is 0 Å². The first kappa shape index (κ1) is 16.5. The summed E-state index contributed by atoms with van der Waals surface area (Å²) in [7, 11) is 0. The topological polar surface area (TPSA) is 24.4 Å². The van der Waals surface area contributed by atoms with Crippen LogP contribution in [0.15, 0.2) is 5.10 Å². The van der Waals surface area contributed by atoms with E-state index in [1.807, 2.05) is 0 Å². The minimum atomic E-state index is 0.0847. The van der Waals surface area contributed by atoms with Crippen molar-refractivity contribution in [3.05, 3.63) is 0 Å². The zero-order valence-corrected chi connectivity index (χ0v) is 12.6. The summed E-state index contributed by atoms with van der Waals surface area (Å²) in [6, 6.07) is 0. The quantitative estimate of drug-likeness (QED) is 0.346. The number of hydrazone groups is 1. The van der Waals surface area contributed by atoms with E-state index in [9.17, 15) is 0 Å². The molecule has 2 heteroatoms. The maximum atomic E-state index is 4.41. The molecule has 0 heterocycles. The van der Waals surface area contributed by atoms with Gasteiger partial charge in [-0.05, 0) is 40.5 Å². The van der Waals surface area contributed by atoms with Crippen LogP contribution in [0.1, 0.15) is 86.0 Å². The Balaban J connectivity index is 3.42. The van der Waals surface area contributed by atoms with E-state index in [-0.39, 0.29) is 5.54 Å². The van der Waals surface area contributed by atoms with Gasteiger partial charge < -0.3 is 5.43 Å². The summed E-state index contributed by atoms with van der Waals surface area (Å²) in [6.07, 6.45) is 10.7. The van der Waals surface area contributed by atoms with Crippen molar-refractivity contribution in [3.63, 3.8) is 0 Å². The van der Waals surface area contributed by atoms with Crippen LogP contribution in [0.3, 0.4) is 0 Å². The van der Waals surface area contributed by atoms with Crippen LogP contribution in [0.2, 0.25) is 0 Å². The van der Waals surface area contributed by atoms with Crippen molar-refractivity contribution >= 4 is 5.71 Å². The summed E-state index contributed by atoms with van der Waals surface area (Å²) in [6.45, 7) is 10.8. The van der Waals surface area contributed by atoms with Gasteiger partial charge in [0, 0.05) is 11.3 Å². The SMILES string of the molecule is CCCCCCCCCC(C)=NNC(C)(C)C. The third-order valence-electron chi connectivity index (χ3n) is 2.72. The van der Waals surface area contributed by atoms with Crippen LogP contribution >= 0.6 is 0 Å². The van der Waals surface area contributed by atoms with Gasteiger partial charge in [0.25, 0.3) is 0 Å². The fraction of sp³-hybridized carbons (Fsp3) is 0.933. The Morgan fingerprint density at radius 1 is 0.941 bits per heavy atom. The predicted octanol–water partition coefficient (Wildman–Crippen LogP) is 4.89. The van der Waals surface area contributed by atoms with Gasteiger partial charge >= 0.3 is 0 Å². The fourth-order valence-corrected chi connectivity index (χ4v) is 1.66. The van der Waals surface area contributed by atoms with Gasteiger partial charge in [0.2, 0.25) is 0 Å². The lowest BCUT2D eigenvalue weighted by atomic mass is 10.1. The summed E-state index contributed by atoms with van der Waals surface area (Å²) in [5, 5.41) is 4.41. The van der Waals surface area contributed by atoms with Crippen LogP contribution in [0.25, 0.3) is 0 Å². The molecule has 0 aromatic rings. The Labute approximate surface area is 108 Å². The molecule has 0 saturated heterocycles. The predicted molar refractivity (Wildman–Crippen MR) is 78.6 cm³/mol. The van der Waals surface area contributed by atoms with Gasteiger partial charge in [-0.1, -0.05) is 45.4 Å². The molecule has 0 fully saturated rings. The van der Waals surface area contributed by atoms with Crippen LogP contribution in [0.4, 0.5) is 0 Å². The largest absolute Gasteiger partial charge is 0.305 e. The second kappa shape index (κ2) is 9.49. The third kappa shape index (κ3) is 13.4. The number of nitrogens with zero attached hydrogens (tertiary/aromatic N) is 1. The van der Waals surface area contributed by atoms with Crippen molar-refractivity contribution in [2.24, 2.45) is 5.10 Å². The van der Waals surface area contributed by atoms with E-state index in [4.69, 9.17) is 0 Å². The van der Waals surface area contributed by atoms with Crippen LogP contribution < -0.4 is 5.43 Å². The lowest BCUT2D eigenvalue weighted by Gasteiger charge is -2.18. The molecule has 0 spiro atoms. The molecule has 0 aliphatic rings. The standard InChI is InChI=1S/C15H32N2/c1-6-7-8-9-10-11-12-13-14(2)16-17-15(3,4)5/h17H,6-13H2,1-5H3. The van der Waals surface area contributed by atoms with Crippen molar-refractivity contribution in [2.75, 3.05) is 0 Å². The van der Waals surface area contributed by atoms with Gasteiger partial charge in [-0.2, -0.15) is 5.10 Å². The molecule has 0 aromatic carbocycles. The molecule has 17 heavy (non-hydrogen) atoms.